The number of para-hydroxylation sites is 1. The van der Waals surface area contributed by atoms with Crippen LogP contribution in [0.1, 0.15) is 32.1 Å². The van der Waals surface area contributed by atoms with Gasteiger partial charge in [0.2, 0.25) is 0 Å². The zero-order valence-electron chi connectivity index (χ0n) is 11.1. The first-order chi connectivity index (χ1) is 9.34. The van der Waals surface area contributed by atoms with E-state index in [1.807, 2.05) is 24.3 Å². The molecule has 19 heavy (non-hydrogen) atoms. The molecule has 1 aromatic heterocycles. The molecule has 1 aliphatic rings. The zero-order chi connectivity index (χ0) is 13.1. The summed E-state index contributed by atoms with van der Waals surface area (Å²) in [6.45, 7) is 0.776. The quantitative estimate of drug-likeness (QED) is 0.909. The molecule has 1 saturated carbocycles. The Morgan fingerprint density at radius 1 is 1.16 bits per heavy atom. The number of benzene rings is 1. The third kappa shape index (κ3) is 2.65. The van der Waals surface area contributed by atoms with Crippen molar-refractivity contribution in [2.24, 2.45) is 5.92 Å². The molecule has 3 heteroatoms. The maximum atomic E-state index is 6.02. The molecule has 1 fully saturated rings. The maximum Gasteiger partial charge on any atom is 0.153 e. The lowest BCUT2D eigenvalue weighted by molar-refractivity contribution is 0.211. The van der Waals surface area contributed by atoms with Gasteiger partial charge in [-0.2, -0.15) is 0 Å². The molecule has 2 N–H and O–H groups in total. The number of ether oxygens (including phenoxy) is 1. The van der Waals surface area contributed by atoms with Crippen molar-refractivity contribution in [3.05, 3.63) is 30.5 Å². The van der Waals surface area contributed by atoms with Crippen molar-refractivity contribution in [3.8, 4) is 5.75 Å². The molecule has 0 unspecified atom stereocenters. The van der Waals surface area contributed by atoms with Gasteiger partial charge in [-0.25, -0.2) is 0 Å². The van der Waals surface area contributed by atoms with E-state index in [1.165, 1.54) is 32.1 Å². The van der Waals surface area contributed by atoms with Crippen molar-refractivity contribution < 1.29 is 4.74 Å². The first-order valence-corrected chi connectivity index (χ1v) is 7.10. The van der Waals surface area contributed by atoms with E-state index < -0.39 is 0 Å². The predicted molar refractivity (Wildman–Crippen MR) is 78.2 cm³/mol. The summed E-state index contributed by atoms with van der Waals surface area (Å²) in [6.07, 6.45) is 8.29. The Morgan fingerprint density at radius 3 is 2.79 bits per heavy atom. The molecule has 1 aliphatic carbocycles. The van der Waals surface area contributed by atoms with Crippen LogP contribution in [0.2, 0.25) is 0 Å². The number of nitrogen functional groups attached to an aromatic ring is 1. The van der Waals surface area contributed by atoms with Gasteiger partial charge in [0, 0.05) is 5.39 Å². The molecular weight excluding hydrogens is 236 g/mol. The number of nitrogens with two attached hydrogens (primary N) is 1. The van der Waals surface area contributed by atoms with Crippen molar-refractivity contribution in [2.45, 2.75) is 32.1 Å². The molecule has 0 atom stereocenters. The smallest absolute Gasteiger partial charge is 0.153 e. The number of hydrogen-bond donors (Lipinski definition) is 1. The van der Waals surface area contributed by atoms with E-state index >= 15 is 0 Å². The Kier molecular flexibility index (Phi) is 3.53. The highest BCUT2D eigenvalue weighted by molar-refractivity contribution is 5.89. The fourth-order valence-electron chi connectivity index (χ4n) is 2.85. The monoisotopic (exact) mass is 256 g/mol. The molecule has 100 valence electrons. The van der Waals surface area contributed by atoms with Crippen LogP contribution in [0.15, 0.2) is 30.5 Å². The Hall–Kier alpha value is -1.77. The van der Waals surface area contributed by atoms with Crippen LogP contribution in [0, 0.1) is 5.92 Å². The molecule has 1 aromatic carbocycles. The van der Waals surface area contributed by atoms with Crippen LogP contribution in [0.3, 0.4) is 0 Å². The lowest BCUT2D eigenvalue weighted by atomic mass is 9.90. The third-order valence-corrected chi connectivity index (χ3v) is 3.94. The molecule has 0 bridgehead atoms. The molecule has 0 spiro atoms. The topological polar surface area (TPSA) is 48.1 Å². The van der Waals surface area contributed by atoms with E-state index in [2.05, 4.69) is 4.98 Å². The van der Waals surface area contributed by atoms with Crippen LogP contribution >= 0.6 is 0 Å². The van der Waals surface area contributed by atoms with E-state index in [4.69, 9.17) is 10.5 Å². The van der Waals surface area contributed by atoms with Crippen LogP contribution in [0.5, 0.6) is 5.75 Å². The van der Waals surface area contributed by atoms with E-state index in [0.29, 0.717) is 11.6 Å². The molecule has 0 radical (unpaired) electrons. The van der Waals surface area contributed by atoms with Gasteiger partial charge in [-0.05, 0) is 30.9 Å². The van der Waals surface area contributed by atoms with Gasteiger partial charge in [0.15, 0.2) is 5.75 Å². The minimum atomic E-state index is 0.634. The second kappa shape index (κ2) is 5.47. The number of aromatic nitrogens is 1. The van der Waals surface area contributed by atoms with Crippen LogP contribution in [-0.4, -0.2) is 11.6 Å². The number of anilines is 1. The first kappa shape index (κ1) is 12.3. The highest BCUT2D eigenvalue weighted by atomic mass is 16.5. The van der Waals surface area contributed by atoms with Crippen molar-refractivity contribution in [1.82, 2.24) is 4.98 Å². The maximum absolute atomic E-state index is 6.02. The van der Waals surface area contributed by atoms with Crippen LogP contribution in [0.25, 0.3) is 10.9 Å². The van der Waals surface area contributed by atoms with Gasteiger partial charge in [0.1, 0.15) is 0 Å². The summed E-state index contributed by atoms with van der Waals surface area (Å²) < 4.78 is 6.02. The highest BCUT2D eigenvalue weighted by Gasteiger charge is 2.15. The summed E-state index contributed by atoms with van der Waals surface area (Å²) in [4.78, 5) is 4.33. The molecular formula is C16H20N2O. The summed E-state index contributed by atoms with van der Waals surface area (Å²) in [5.74, 6) is 1.48. The molecule has 0 saturated heterocycles. The average Bonchev–Trinajstić information content (AvgIpc) is 2.47. The minimum Gasteiger partial charge on any atom is -0.490 e. The first-order valence-electron chi connectivity index (χ1n) is 7.10. The highest BCUT2D eigenvalue weighted by Crippen LogP contribution is 2.32. The van der Waals surface area contributed by atoms with Gasteiger partial charge in [-0.3, -0.25) is 4.98 Å². The van der Waals surface area contributed by atoms with Crippen molar-refractivity contribution >= 4 is 16.6 Å². The SMILES string of the molecule is Nc1cnc2ccccc2c1OCC1CCCCC1. The standard InChI is InChI=1S/C16H20N2O/c17-14-10-18-15-9-5-4-8-13(15)16(14)19-11-12-6-2-1-3-7-12/h4-5,8-10,12H,1-3,6-7,11,17H2. The third-order valence-electron chi connectivity index (χ3n) is 3.94. The molecule has 1 heterocycles. The average molecular weight is 256 g/mol. The summed E-state index contributed by atoms with van der Waals surface area (Å²) in [6, 6.07) is 7.99. The number of hydrogen-bond acceptors (Lipinski definition) is 3. The van der Waals surface area contributed by atoms with Crippen molar-refractivity contribution in [2.75, 3.05) is 12.3 Å². The van der Waals surface area contributed by atoms with Gasteiger partial charge in [-0.15, -0.1) is 0 Å². The number of fused-ring (bicyclic) bond motifs is 1. The van der Waals surface area contributed by atoms with Crippen molar-refractivity contribution in [3.63, 3.8) is 0 Å². The van der Waals surface area contributed by atoms with Gasteiger partial charge in [0.25, 0.3) is 0 Å². The van der Waals surface area contributed by atoms with Gasteiger partial charge >= 0.3 is 0 Å². The van der Waals surface area contributed by atoms with Crippen molar-refractivity contribution in [1.29, 1.82) is 0 Å². The number of rotatable bonds is 3. The Labute approximate surface area is 113 Å². The Bertz CT molecular complexity index is 562. The minimum absolute atomic E-state index is 0.634. The summed E-state index contributed by atoms with van der Waals surface area (Å²) in [5.41, 5.74) is 7.59. The lowest BCUT2D eigenvalue weighted by Gasteiger charge is -2.22. The summed E-state index contributed by atoms with van der Waals surface area (Å²) >= 11 is 0. The summed E-state index contributed by atoms with van der Waals surface area (Å²) in [7, 11) is 0. The van der Waals surface area contributed by atoms with Gasteiger partial charge < -0.3 is 10.5 Å². The molecule has 3 nitrogen and oxygen atoms in total. The van der Waals surface area contributed by atoms with E-state index in [1.54, 1.807) is 6.20 Å². The second-order valence-electron chi connectivity index (χ2n) is 5.37. The van der Waals surface area contributed by atoms with E-state index in [-0.39, 0.29) is 0 Å². The molecule has 0 amide bonds. The zero-order valence-corrected chi connectivity index (χ0v) is 11.1. The van der Waals surface area contributed by atoms with Crippen LogP contribution in [-0.2, 0) is 0 Å². The summed E-state index contributed by atoms with van der Waals surface area (Å²) in [5, 5.41) is 1.01. The Balaban J connectivity index is 1.81. The second-order valence-corrected chi connectivity index (χ2v) is 5.37. The fraction of sp³-hybridized carbons (Fsp3) is 0.438. The van der Waals surface area contributed by atoms with Crippen LogP contribution in [0.4, 0.5) is 5.69 Å². The van der Waals surface area contributed by atoms with Gasteiger partial charge in [-0.1, -0.05) is 31.4 Å². The molecule has 2 aromatic rings. The molecule has 0 aliphatic heterocycles. The van der Waals surface area contributed by atoms with E-state index in [9.17, 15) is 0 Å². The fourth-order valence-corrected chi connectivity index (χ4v) is 2.85. The number of nitrogens with zero attached hydrogens (tertiary/aromatic N) is 1. The van der Waals surface area contributed by atoms with E-state index in [0.717, 1.165) is 23.3 Å². The van der Waals surface area contributed by atoms with Crippen LogP contribution < -0.4 is 10.5 Å². The normalized spacial score (nSPS) is 16.6. The Morgan fingerprint density at radius 2 is 1.95 bits per heavy atom. The van der Waals surface area contributed by atoms with Gasteiger partial charge in [0.05, 0.1) is 24.0 Å². The lowest BCUT2D eigenvalue weighted by Crippen LogP contribution is -2.16. The largest absolute Gasteiger partial charge is 0.490 e. The molecule has 3 rings (SSSR count). The predicted octanol–water partition coefficient (Wildman–Crippen LogP) is 3.78. The number of pyridine rings is 1.